The molecule has 0 heterocycles. The fourth-order valence-electron chi connectivity index (χ4n) is 2.06. The minimum atomic E-state index is -0.00340. The van der Waals surface area contributed by atoms with Gasteiger partial charge in [0, 0.05) is 10.6 Å². The van der Waals surface area contributed by atoms with Crippen molar-refractivity contribution in [1.29, 1.82) is 0 Å². The van der Waals surface area contributed by atoms with E-state index in [0.29, 0.717) is 5.02 Å². The van der Waals surface area contributed by atoms with Gasteiger partial charge < -0.3 is 9.47 Å². The second-order valence-electron chi connectivity index (χ2n) is 4.67. The van der Waals surface area contributed by atoms with Crippen molar-refractivity contribution in [2.45, 2.75) is 18.2 Å². The Morgan fingerprint density at radius 1 is 1.19 bits per heavy atom. The van der Waals surface area contributed by atoms with Gasteiger partial charge >= 0.3 is 0 Å². The number of halogens is 2. The van der Waals surface area contributed by atoms with E-state index in [4.69, 9.17) is 21.1 Å². The zero-order chi connectivity index (χ0) is 15.2. The van der Waals surface area contributed by atoms with Gasteiger partial charge in [-0.2, -0.15) is 0 Å². The van der Waals surface area contributed by atoms with Gasteiger partial charge in [0.1, 0.15) is 11.5 Å². The first-order chi connectivity index (χ1) is 10.2. The van der Waals surface area contributed by atoms with Gasteiger partial charge in [-0.05, 0) is 42.3 Å². The van der Waals surface area contributed by atoms with Crippen molar-refractivity contribution in [3.8, 4) is 11.5 Å². The number of hydrogen-bond donors (Lipinski definition) is 0. The highest BCUT2D eigenvalue weighted by molar-refractivity contribution is 9.09. The van der Waals surface area contributed by atoms with Crippen molar-refractivity contribution < 1.29 is 9.47 Å². The highest BCUT2D eigenvalue weighted by Gasteiger charge is 2.16. The highest BCUT2D eigenvalue weighted by atomic mass is 79.9. The molecule has 2 rings (SSSR count). The van der Waals surface area contributed by atoms with E-state index >= 15 is 0 Å². The Labute approximate surface area is 139 Å². The van der Waals surface area contributed by atoms with E-state index < -0.39 is 0 Å². The van der Waals surface area contributed by atoms with E-state index in [1.54, 1.807) is 7.11 Å². The molecule has 4 heteroatoms. The van der Waals surface area contributed by atoms with Gasteiger partial charge in [-0.3, -0.25) is 0 Å². The molecule has 0 amide bonds. The van der Waals surface area contributed by atoms with Crippen molar-refractivity contribution in [2.24, 2.45) is 0 Å². The summed E-state index contributed by atoms with van der Waals surface area (Å²) in [6, 6.07) is 13.7. The van der Waals surface area contributed by atoms with Crippen LogP contribution in [0.4, 0.5) is 0 Å². The molecule has 1 atom stereocenters. The molecule has 0 saturated carbocycles. The molecule has 0 saturated heterocycles. The smallest absolute Gasteiger partial charge is 0.123 e. The van der Waals surface area contributed by atoms with Crippen LogP contribution < -0.4 is 9.47 Å². The Morgan fingerprint density at radius 3 is 2.71 bits per heavy atom. The summed E-state index contributed by atoms with van der Waals surface area (Å²) in [5.41, 5.74) is 2.10. The zero-order valence-electron chi connectivity index (χ0n) is 12.1. The lowest BCUT2D eigenvalue weighted by atomic mass is 10.0. The predicted octanol–water partition coefficient (Wildman–Crippen LogP) is 5.62. The van der Waals surface area contributed by atoms with Gasteiger partial charge in [-0.25, -0.2) is 0 Å². The van der Waals surface area contributed by atoms with Crippen molar-refractivity contribution in [2.75, 3.05) is 13.7 Å². The van der Waals surface area contributed by atoms with Crippen LogP contribution in [0.15, 0.2) is 42.5 Å². The molecule has 112 valence electrons. The van der Waals surface area contributed by atoms with E-state index in [1.165, 1.54) is 0 Å². The SMILES string of the molecule is CCCOc1cccc(C(Br)c2cc(Cl)ccc2OC)c1. The third kappa shape index (κ3) is 4.14. The monoisotopic (exact) mass is 368 g/mol. The van der Waals surface area contributed by atoms with Crippen LogP contribution in [0.1, 0.15) is 29.3 Å². The van der Waals surface area contributed by atoms with Crippen molar-refractivity contribution in [3.63, 3.8) is 0 Å². The molecule has 0 radical (unpaired) electrons. The molecule has 2 aromatic rings. The van der Waals surface area contributed by atoms with Crippen LogP contribution in [-0.2, 0) is 0 Å². The van der Waals surface area contributed by atoms with Gasteiger partial charge in [-0.15, -0.1) is 0 Å². The Bertz CT molecular complexity index is 601. The molecule has 21 heavy (non-hydrogen) atoms. The van der Waals surface area contributed by atoms with Gasteiger partial charge in [0.2, 0.25) is 0 Å². The first-order valence-corrected chi connectivity index (χ1v) is 8.15. The molecule has 2 aromatic carbocycles. The lowest BCUT2D eigenvalue weighted by Gasteiger charge is -2.16. The van der Waals surface area contributed by atoms with Crippen LogP contribution >= 0.6 is 27.5 Å². The summed E-state index contributed by atoms with van der Waals surface area (Å²) < 4.78 is 11.1. The van der Waals surface area contributed by atoms with E-state index in [2.05, 4.69) is 28.9 Å². The number of rotatable bonds is 6. The standard InChI is InChI=1S/C17H18BrClO2/c1-3-9-21-14-6-4-5-12(10-14)17(18)15-11-13(19)7-8-16(15)20-2/h4-8,10-11,17H,3,9H2,1-2H3. The van der Waals surface area contributed by atoms with E-state index in [-0.39, 0.29) is 4.83 Å². The average molecular weight is 370 g/mol. The summed E-state index contributed by atoms with van der Waals surface area (Å²) in [6.45, 7) is 2.81. The zero-order valence-corrected chi connectivity index (χ0v) is 14.4. The molecule has 1 unspecified atom stereocenters. The summed E-state index contributed by atoms with van der Waals surface area (Å²) >= 11 is 9.83. The molecule has 0 spiro atoms. The Morgan fingerprint density at radius 2 is 2.00 bits per heavy atom. The number of ether oxygens (including phenoxy) is 2. The lowest BCUT2D eigenvalue weighted by molar-refractivity contribution is 0.317. The molecule has 0 fully saturated rings. The highest BCUT2D eigenvalue weighted by Crippen LogP contribution is 2.38. The molecule has 0 aliphatic heterocycles. The van der Waals surface area contributed by atoms with Crippen LogP contribution in [0.5, 0.6) is 11.5 Å². The van der Waals surface area contributed by atoms with E-state index in [1.807, 2.05) is 36.4 Å². The summed E-state index contributed by atoms with van der Waals surface area (Å²) in [4.78, 5) is -0.00340. The average Bonchev–Trinajstić information content (AvgIpc) is 2.52. The summed E-state index contributed by atoms with van der Waals surface area (Å²) in [5, 5.41) is 0.689. The molecular formula is C17H18BrClO2. The molecule has 0 aliphatic rings. The van der Waals surface area contributed by atoms with Crippen LogP contribution in [-0.4, -0.2) is 13.7 Å². The maximum Gasteiger partial charge on any atom is 0.123 e. The number of methoxy groups -OCH3 is 1. The van der Waals surface area contributed by atoms with E-state index in [0.717, 1.165) is 35.7 Å². The van der Waals surface area contributed by atoms with Crippen molar-refractivity contribution in [3.05, 3.63) is 58.6 Å². The first-order valence-electron chi connectivity index (χ1n) is 6.86. The van der Waals surface area contributed by atoms with Crippen LogP contribution in [0.2, 0.25) is 5.02 Å². The molecule has 2 nitrogen and oxygen atoms in total. The second kappa shape index (κ2) is 7.71. The summed E-state index contributed by atoms with van der Waals surface area (Å²) in [7, 11) is 1.66. The van der Waals surface area contributed by atoms with Gasteiger partial charge in [0.05, 0.1) is 18.5 Å². The maximum absolute atomic E-state index is 6.10. The minimum Gasteiger partial charge on any atom is -0.496 e. The normalized spacial score (nSPS) is 12.0. The molecule has 0 aliphatic carbocycles. The first kappa shape index (κ1) is 16.2. The van der Waals surface area contributed by atoms with Crippen LogP contribution in [0, 0.1) is 0 Å². The minimum absolute atomic E-state index is 0.00340. The second-order valence-corrected chi connectivity index (χ2v) is 6.02. The Kier molecular flexibility index (Phi) is 5.95. The summed E-state index contributed by atoms with van der Waals surface area (Å²) in [6.07, 6.45) is 0.990. The lowest BCUT2D eigenvalue weighted by Crippen LogP contribution is -1.99. The number of hydrogen-bond acceptors (Lipinski definition) is 2. The van der Waals surface area contributed by atoms with Gasteiger partial charge in [0.15, 0.2) is 0 Å². The fourth-order valence-corrected chi connectivity index (χ4v) is 2.89. The summed E-state index contributed by atoms with van der Waals surface area (Å²) in [5.74, 6) is 1.68. The van der Waals surface area contributed by atoms with E-state index in [9.17, 15) is 0 Å². The maximum atomic E-state index is 6.10. The quantitative estimate of drug-likeness (QED) is 0.615. The van der Waals surface area contributed by atoms with Crippen LogP contribution in [0.25, 0.3) is 0 Å². The largest absolute Gasteiger partial charge is 0.496 e. The van der Waals surface area contributed by atoms with Crippen LogP contribution in [0.3, 0.4) is 0 Å². The molecular weight excluding hydrogens is 352 g/mol. The third-order valence-electron chi connectivity index (χ3n) is 3.09. The van der Waals surface area contributed by atoms with Gasteiger partial charge in [0.25, 0.3) is 0 Å². The molecule has 0 aromatic heterocycles. The number of benzene rings is 2. The fraction of sp³-hybridized carbons (Fsp3) is 0.294. The molecule has 0 bridgehead atoms. The number of alkyl halides is 1. The predicted molar refractivity (Wildman–Crippen MR) is 91.0 cm³/mol. The Hall–Kier alpha value is -1.19. The molecule has 0 N–H and O–H groups in total. The topological polar surface area (TPSA) is 18.5 Å². The van der Waals surface area contributed by atoms with Crippen molar-refractivity contribution >= 4 is 27.5 Å². The Balaban J connectivity index is 2.31. The van der Waals surface area contributed by atoms with Crippen molar-refractivity contribution in [1.82, 2.24) is 0 Å². The van der Waals surface area contributed by atoms with Gasteiger partial charge in [-0.1, -0.05) is 46.6 Å². The third-order valence-corrected chi connectivity index (χ3v) is 4.35.